The first kappa shape index (κ1) is 14.9. The number of hydrogen-bond donors (Lipinski definition) is 1. The van der Waals surface area contributed by atoms with Crippen LogP contribution in [0.15, 0.2) is 30.9 Å². The Bertz CT molecular complexity index is 467. The molecule has 1 saturated carbocycles. The maximum Gasteiger partial charge on any atom is 0.419 e. The lowest BCUT2D eigenvalue weighted by Gasteiger charge is -2.15. The molecule has 0 saturated heterocycles. The Morgan fingerprint density at radius 3 is 2.70 bits per heavy atom. The summed E-state index contributed by atoms with van der Waals surface area (Å²) in [5.74, 6) is -0.116. The molecule has 0 atom stereocenters. The van der Waals surface area contributed by atoms with Crippen LogP contribution in [0, 0.1) is 0 Å². The fourth-order valence-corrected chi connectivity index (χ4v) is 1.84. The lowest BCUT2D eigenvalue weighted by Crippen LogP contribution is -2.16. The summed E-state index contributed by atoms with van der Waals surface area (Å²) < 4.78 is 44.3. The molecule has 1 N–H and O–H groups in total. The van der Waals surface area contributed by atoms with Gasteiger partial charge in [0, 0.05) is 12.6 Å². The number of benzene rings is 1. The number of alkyl halides is 3. The summed E-state index contributed by atoms with van der Waals surface area (Å²) in [6, 6.07) is 4.70. The molecule has 1 fully saturated rings. The van der Waals surface area contributed by atoms with Crippen molar-refractivity contribution in [3.05, 3.63) is 42.0 Å². The molecule has 0 spiro atoms. The molecule has 2 nitrogen and oxygen atoms in total. The summed E-state index contributed by atoms with van der Waals surface area (Å²) in [7, 11) is 0. The second kappa shape index (κ2) is 6.31. The lowest BCUT2D eigenvalue weighted by molar-refractivity contribution is -0.139. The molecule has 0 bridgehead atoms. The van der Waals surface area contributed by atoms with Crippen molar-refractivity contribution in [1.82, 2.24) is 5.32 Å². The van der Waals surface area contributed by atoms with E-state index in [1.54, 1.807) is 12.1 Å². The van der Waals surface area contributed by atoms with Gasteiger partial charge in [0.25, 0.3) is 0 Å². The Morgan fingerprint density at radius 1 is 1.35 bits per heavy atom. The van der Waals surface area contributed by atoms with Crippen LogP contribution in [-0.4, -0.2) is 12.6 Å². The summed E-state index contributed by atoms with van der Waals surface area (Å²) in [6.07, 6.45) is -0.0632. The van der Waals surface area contributed by atoms with Crippen molar-refractivity contribution < 1.29 is 17.9 Å². The molecular weight excluding hydrogens is 267 g/mol. The molecule has 5 heteroatoms. The highest BCUT2D eigenvalue weighted by molar-refractivity contribution is 5.39. The highest BCUT2D eigenvalue weighted by Crippen LogP contribution is 2.37. The maximum atomic E-state index is 13.0. The standard InChI is InChI=1S/C15H18F3NO/c1-2-3-8-20-14-7-4-11(10-19-12-5-6-12)9-13(14)15(16,17)18/h2,4,7,9,12,19H,1,3,5-6,8,10H2. The van der Waals surface area contributed by atoms with Crippen LogP contribution < -0.4 is 10.1 Å². The van der Waals surface area contributed by atoms with Gasteiger partial charge in [0.1, 0.15) is 5.75 Å². The predicted molar refractivity (Wildman–Crippen MR) is 71.6 cm³/mol. The SMILES string of the molecule is C=CCCOc1ccc(CNC2CC2)cc1C(F)(F)F. The first-order valence-electron chi connectivity index (χ1n) is 6.68. The normalized spacial score (nSPS) is 15.2. The van der Waals surface area contributed by atoms with E-state index in [1.807, 2.05) is 0 Å². The van der Waals surface area contributed by atoms with Gasteiger partial charge in [-0.3, -0.25) is 0 Å². The van der Waals surface area contributed by atoms with Gasteiger partial charge >= 0.3 is 6.18 Å². The second-order valence-corrected chi connectivity index (χ2v) is 4.91. The second-order valence-electron chi connectivity index (χ2n) is 4.91. The number of hydrogen-bond acceptors (Lipinski definition) is 2. The molecule has 0 heterocycles. The zero-order valence-corrected chi connectivity index (χ0v) is 11.2. The van der Waals surface area contributed by atoms with E-state index in [2.05, 4.69) is 11.9 Å². The molecular formula is C15H18F3NO. The van der Waals surface area contributed by atoms with E-state index in [4.69, 9.17) is 4.74 Å². The van der Waals surface area contributed by atoms with Crippen molar-refractivity contribution in [1.29, 1.82) is 0 Å². The number of halogens is 3. The third-order valence-corrected chi connectivity index (χ3v) is 3.10. The van der Waals surface area contributed by atoms with E-state index in [0.717, 1.165) is 12.8 Å². The van der Waals surface area contributed by atoms with E-state index in [9.17, 15) is 13.2 Å². The smallest absolute Gasteiger partial charge is 0.419 e. The molecule has 0 aliphatic heterocycles. The van der Waals surface area contributed by atoms with Crippen molar-refractivity contribution in [2.45, 2.75) is 38.0 Å². The molecule has 0 aromatic heterocycles. The predicted octanol–water partition coefficient (Wildman–Crippen LogP) is 3.91. The third kappa shape index (κ3) is 4.27. The van der Waals surface area contributed by atoms with Crippen molar-refractivity contribution in [3.8, 4) is 5.75 Å². The van der Waals surface area contributed by atoms with Gasteiger partial charge in [0.2, 0.25) is 0 Å². The van der Waals surface area contributed by atoms with Crippen LogP contribution in [0.1, 0.15) is 30.4 Å². The Morgan fingerprint density at radius 2 is 2.10 bits per heavy atom. The van der Waals surface area contributed by atoms with Gasteiger partial charge in [-0.15, -0.1) is 6.58 Å². The van der Waals surface area contributed by atoms with Gasteiger partial charge in [-0.05, 0) is 37.0 Å². The lowest BCUT2D eigenvalue weighted by atomic mass is 10.1. The molecule has 2 rings (SSSR count). The largest absolute Gasteiger partial charge is 0.493 e. The van der Waals surface area contributed by atoms with Crippen LogP contribution >= 0.6 is 0 Å². The van der Waals surface area contributed by atoms with Gasteiger partial charge in [-0.25, -0.2) is 0 Å². The first-order chi connectivity index (χ1) is 9.50. The molecule has 0 unspecified atom stereocenters. The fraction of sp³-hybridized carbons (Fsp3) is 0.467. The summed E-state index contributed by atoms with van der Waals surface area (Å²) in [4.78, 5) is 0. The molecule has 0 amide bonds. The summed E-state index contributed by atoms with van der Waals surface area (Å²) >= 11 is 0. The van der Waals surface area contributed by atoms with Gasteiger partial charge in [-0.2, -0.15) is 13.2 Å². The Balaban J connectivity index is 2.10. The van der Waals surface area contributed by atoms with Crippen molar-refractivity contribution in [3.63, 3.8) is 0 Å². The van der Waals surface area contributed by atoms with Crippen molar-refractivity contribution in [2.24, 2.45) is 0 Å². The maximum absolute atomic E-state index is 13.0. The molecule has 110 valence electrons. The van der Waals surface area contributed by atoms with Crippen molar-refractivity contribution in [2.75, 3.05) is 6.61 Å². The minimum atomic E-state index is -4.40. The summed E-state index contributed by atoms with van der Waals surface area (Å²) in [6.45, 7) is 4.17. The van der Waals surface area contributed by atoms with Gasteiger partial charge in [0.15, 0.2) is 0 Å². The third-order valence-electron chi connectivity index (χ3n) is 3.10. The minimum Gasteiger partial charge on any atom is -0.493 e. The quantitative estimate of drug-likeness (QED) is 0.606. The van der Waals surface area contributed by atoms with Gasteiger partial charge in [-0.1, -0.05) is 12.1 Å². The number of rotatable bonds is 7. The summed E-state index contributed by atoms with van der Waals surface area (Å²) in [5.41, 5.74) is -0.0862. The first-order valence-corrected chi connectivity index (χ1v) is 6.68. The van der Waals surface area contributed by atoms with E-state index in [1.165, 1.54) is 12.1 Å². The Labute approximate surface area is 116 Å². The van der Waals surface area contributed by atoms with Crippen LogP contribution in [0.5, 0.6) is 5.75 Å². The Hall–Kier alpha value is -1.49. The van der Waals surface area contributed by atoms with Crippen LogP contribution in [0.2, 0.25) is 0 Å². The minimum absolute atomic E-state index is 0.116. The molecule has 1 aromatic rings. The van der Waals surface area contributed by atoms with E-state index in [-0.39, 0.29) is 12.4 Å². The van der Waals surface area contributed by atoms with E-state index >= 15 is 0 Å². The molecule has 1 aliphatic rings. The van der Waals surface area contributed by atoms with Crippen LogP contribution in [0.4, 0.5) is 13.2 Å². The molecule has 20 heavy (non-hydrogen) atoms. The zero-order valence-electron chi connectivity index (χ0n) is 11.2. The van der Waals surface area contributed by atoms with Gasteiger partial charge in [0.05, 0.1) is 12.2 Å². The fourth-order valence-electron chi connectivity index (χ4n) is 1.84. The molecule has 0 radical (unpaired) electrons. The van der Waals surface area contributed by atoms with Gasteiger partial charge < -0.3 is 10.1 Å². The highest BCUT2D eigenvalue weighted by Gasteiger charge is 2.34. The topological polar surface area (TPSA) is 21.3 Å². The average molecular weight is 285 g/mol. The zero-order chi connectivity index (χ0) is 14.6. The van der Waals surface area contributed by atoms with E-state index in [0.29, 0.717) is 24.6 Å². The average Bonchev–Trinajstić information content (AvgIpc) is 3.20. The monoisotopic (exact) mass is 285 g/mol. The molecule has 1 aromatic carbocycles. The number of ether oxygens (including phenoxy) is 1. The van der Waals surface area contributed by atoms with E-state index < -0.39 is 11.7 Å². The molecule has 1 aliphatic carbocycles. The van der Waals surface area contributed by atoms with Crippen LogP contribution in [0.3, 0.4) is 0 Å². The van der Waals surface area contributed by atoms with Crippen LogP contribution in [0.25, 0.3) is 0 Å². The van der Waals surface area contributed by atoms with Crippen molar-refractivity contribution >= 4 is 0 Å². The highest BCUT2D eigenvalue weighted by atomic mass is 19.4. The number of nitrogens with one attached hydrogen (secondary N) is 1. The van der Waals surface area contributed by atoms with Crippen LogP contribution in [-0.2, 0) is 12.7 Å². The summed E-state index contributed by atoms with van der Waals surface area (Å²) in [5, 5.41) is 3.20. The Kier molecular flexibility index (Phi) is 4.70.